The van der Waals surface area contributed by atoms with E-state index in [1.165, 1.54) is 12.1 Å². The Bertz CT molecular complexity index is 394. The molecule has 11 heavy (non-hydrogen) atoms. The lowest BCUT2D eigenvalue weighted by molar-refractivity contribution is 0.630. The topological polar surface area (TPSA) is 0 Å². The monoisotopic (exact) mass is 230 g/mol. The van der Waals surface area contributed by atoms with Gasteiger partial charge in [0.2, 0.25) is 0 Å². The first-order chi connectivity index (χ1) is 5.27. The summed E-state index contributed by atoms with van der Waals surface area (Å²) in [6, 6.07) is 4.81. The molecule has 0 aliphatic carbocycles. The molecule has 3 heteroatoms. The highest BCUT2D eigenvalue weighted by Gasteiger charge is 2.00. The molecule has 0 atom stereocenters. The van der Waals surface area contributed by atoms with Gasteiger partial charge in [0.05, 0.1) is 0 Å². The number of benzene rings is 1. The van der Waals surface area contributed by atoms with Crippen LogP contribution in [0.4, 0.5) is 4.39 Å². The van der Waals surface area contributed by atoms with Gasteiger partial charge >= 0.3 is 0 Å². The first-order valence-corrected chi connectivity index (χ1v) is 4.77. The third-order valence-corrected chi connectivity index (χ3v) is 3.41. The summed E-state index contributed by atoms with van der Waals surface area (Å²) < 4.78 is 14.8. The van der Waals surface area contributed by atoms with E-state index in [9.17, 15) is 4.39 Å². The Morgan fingerprint density at radius 3 is 3.00 bits per heavy atom. The van der Waals surface area contributed by atoms with E-state index in [-0.39, 0.29) is 5.82 Å². The van der Waals surface area contributed by atoms with Crippen molar-refractivity contribution in [2.24, 2.45) is 0 Å². The number of hydrogen-bond donors (Lipinski definition) is 0. The summed E-state index contributed by atoms with van der Waals surface area (Å²) in [7, 11) is 0. The minimum atomic E-state index is -0.184. The number of rotatable bonds is 0. The molecule has 56 valence electrons. The van der Waals surface area contributed by atoms with Gasteiger partial charge in [-0.25, -0.2) is 4.39 Å². The molecule has 0 nitrogen and oxygen atoms in total. The SMILES string of the molecule is Fc1ccc2scc(Br)c2c1. The van der Waals surface area contributed by atoms with Crippen molar-refractivity contribution in [1.29, 1.82) is 0 Å². The van der Waals surface area contributed by atoms with Crippen LogP contribution in [-0.4, -0.2) is 0 Å². The highest BCUT2D eigenvalue weighted by Crippen LogP contribution is 2.30. The summed E-state index contributed by atoms with van der Waals surface area (Å²) in [5.41, 5.74) is 0. The van der Waals surface area contributed by atoms with Crippen molar-refractivity contribution in [3.63, 3.8) is 0 Å². The molecule has 0 saturated heterocycles. The number of fused-ring (bicyclic) bond motifs is 1. The summed E-state index contributed by atoms with van der Waals surface area (Å²) in [5.74, 6) is -0.184. The lowest BCUT2D eigenvalue weighted by Crippen LogP contribution is -1.69. The molecule has 0 amide bonds. The van der Waals surface area contributed by atoms with Gasteiger partial charge in [-0.3, -0.25) is 0 Å². The average Bonchev–Trinajstić information content (AvgIpc) is 2.33. The summed E-state index contributed by atoms with van der Waals surface area (Å²) in [6.07, 6.45) is 0. The highest BCUT2D eigenvalue weighted by molar-refractivity contribution is 9.10. The molecule has 2 aromatic rings. The van der Waals surface area contributed by atoms with E-state index in [0.717, 1.165) is 14.6 Å². The first kappa shape index (κ1) is 7.25. The van der Waals surface area contributed by atoms with Crippen LogP contribution in [0.1, 0.15) is 0 Å². The van der Waals surface area contributed by atoms with E-state index in [2.05, 4.69) is 15.9 Å². The van der Waals surface area contributed by atoms with Crippen LogP contribution < -0.4 is 0 Å². The summed E-state index contributed by atoms with van der Waals surface area (Å²) in [6.45, 7) is 0. The van der Waals surface area contributed by atoms with Gasteiger partial charge in [0.15, 0.2) is 0 Å². The number of thiophene rings is 1. The minimum absolute atomic E-state index is 0.184. The Kier molecular flexibility index (Phi) is 1.69. The standard InChI is InChI=1S/C8H4BrFS/c9-7-4-11-8-2-1-5(10)3-6(7)8/h1-4H. The molecule has 1 heterocycles. The maximum Gasteiger partial charge on any atom is 0.123 e. The molecular weight excluding hydrogens is 227 g/mol. The second-order valence-electron chi connectivity index (χ2n) is 2.22. The van der Waals surface area contributed by atoms with Crippen LogP contribution in [0.2, 0.25) is 0 Å². The largest absolute Gasteiger partial charge is 0.207 e. The van der Waals surface area contributed by atoms with Gasteiger partial charge in [0.25, 0.3) is 0 Å². The Labute approximate surface area is 75.8 Å². The van der Waals surface area contributed by atoms with Gasteiger partial charge in [-0.05, 0) is 34.1 Å². The smallest absolute Gasteiger partial charge is 0.123 e. The predicted molar refractivity (Wildman–Crippen MR) is 49.5 cm³/mol. The molecule has 0 spiro atoms. The third-order valence-electron chi connectivity index (χ3n) is 1.49. The Morgan fingerprint density at radius 1 is 1.36 bits per heavy atom. The Balaban J connectivity index is 2.87. The van der Waals surface area contributed by atoms with Crippen molar-refractivity contribution < 1.29 is 4.39 Å². The quantitative estimate of drug-likeness (QED) is 0.646. The van der Waals surface area contributed by atoms with E-state index in [0.29, 0.717) is 0 Å². The summed E-state index contributed by atoms with van der Waals surface area (Å²) >= 11 is 4.95. The summed E-state index contributed by atoms with van der Waals surface area (Å²) in [5, 5.41) is 2.92. The molecule has 1 aromatic carbocycles. The van der Waals surface area contributed by atoms with Gasteiger partial charge in [0.1, 0.15) is 5.82 Å². The summed E-state index contributed by atoms with van der Waals surface area (Å²) in [4.78, 5) is 0. The van der Waals surface area contributed by atoms with Crippen LogP contribution in [0.5, 0.6) is 0 Å². The molecule has 0 N–H and O–H groups in total. The van der Waals surface area contributed by atoms with Crippen molar-refractivity contribution in [2.45, 2.75) is 0 Å². The van der Waals surface area contributed by atoms with E-state index < -0.39 is 0 Å². The van der Waals surface area contributed by atoms with Gasteiger partial charge in [-0.2, -0.15) is 0 Å². The molecule has 0 bridgehead atoms. The zero-order valence-electron chi connectivity index (χ0n) is 5.47. The van der Waals surface area contributed by atoms with Gasteiger partial charge in [0, 0.05) is 19.9 Å². The molecule has 0 aliphatic rings. The van der Waals surface area contributed by atoms with E-state index >= 15 is 0 Å². The Morgan fingerprint density at radius 2 is 2.18 bits per heavy atom. The van der Waals surface area contributed by atoms with E-state index in [1.807, 2.05) is 5.38 Å². The molecular formula is C8H4BrFS. The maximum atomic E-state index is 12.7. The fourth-order valence-electron chi connectivity index (χ4n) is 0.970. The molecule has 2 rings (SSSR count). The van der Waals surface area contributed by atoms with E-state index in [1.54, 1.807) is 17.4 Å². The minimum Gasteiger partial charge on any atom is -0.207 e. The van der Waals surface area contributed by atoms with Crippen LogP contribution >= 0.6 is 27.3 Å². The van der Waals surface area contributed by atoms with Crippen LogP contribution in [0, 0.1) is 5.82 Å². The molecule has 0 radical (unpaired) electrons. The number of hydrogen-bond acceptors (Lipinski definition) is 1. The zero-order chi connectivity index (χ0) is 7.84. The highest BCUT2D eigenvalue weighted by atomic mass is 79.9. The fourth-order valence-corrected chi connectivity index (χ4v) is 2.51. The second-order valence-corrected chi connectivity index (χ2v) is 3.99. The zero-order valence-corrected chi connectivity index (χ0v) is 7.88. The van der Waals surface area contributed by atoms with Gasteiger partial charge in [-0.1, -0.05) is 0 Å². The van der Waals surface area contributed by atoms with Crippen molar-refractivity contribution in [3.8, 4) is 0 Å². The molecule has 0 unspecified atom stereocenters. The maximum absolute atomic E-state index is 12.7. The predicted octanol–water partition coefficient (Wildman–Crippen LogP) is 3.80. The van der Waals surface area contributed by atoms with Crippen LogP contribution in [0.3, 0.4) is 0 Å². The first-order valence-electron chi connectivity index (χ1n) is 3.09. The average molecular weight is 231 g/mol. The lowest BCUT2D eigenvalue weighted by Gasteiger charge is -1.89. The second kappa shape index (κ2) is 2.57. The molecule has 0 fully saturated rings. The normalized spacial score (nSPS) is 10.7. The van der Waals surface area contributed by atoms with Gasteiger partial charge in [-0.15, -0.1) is 11.3 Å². The van der Waals surface area contributed by atoms with Crippen LogP contribution in [-0.2, 0) is 0 Å². The van der Waals surface area contributed by atoms with Crippen molar-refractivity contribution >= 4 is 37.4 Å². The van der Waals surface area contributed by atoms with Crippen molar-refractivity contribution in [2.75, 3.05) is 0 Å². The number of halogens is 2. The third kappa shape index (κ3) is 1.19. The van der Waals surface area contributed by atoms with Crippen molar-refractivity contribution in [3.05, 3.63) is 33.9 Å². The molecule has 0 saturated carbocycles. The van der Waals surface area contributed by atoms with Crippen LogP contribution in [0.25, 0.3) is 10.1 Å². The lowest BCUT2D eigenvalue weighted by atomic mass is 10.3. The van der Waals surface area contributed by atoms with Crippen molar-refractivity contribution in [1.82, 2.24) is 0 Å². The van der Waals surface area contributed by atoms with E-state index in [4.69, 9.17) is 0 Å². The fraction of sp³-hybridized carbons (Fsp3) is 0. The van der Waals surface area contributed by atoms with Crippen LogP contribution in [0.15, 0.2) is 28.1 Å². The molecule has 0 aliphatic heterocycles. The van der Waals surface area contributed by atoms with Gasteiger partial charge < -0.3 is 0 Å². The Hall–Kier alpha value is -0.410. The molecule has 1 aromatic heterocycles.